The molecular formula is C16H18ClN. The van der Waals surface area contributed by atoms with Crippen LogP contribution in [0.1, 0.15) is 29.7 Å². The van der Waals surface area contributed by atoms with E-state index in [2.05, 4.69) is 49.5 Å². The van der Waals surface area contributed by atoms with Gasteiger partial charge in [-0.3, -0.25) is 0 Å². The predicted octanol–water partition coefficient (Wildman–Crippen LogP) is 4.50. The first kappa shape index (κ1) is 13.1. The van der Waals surface area contributed by atoms with Crippen LogP contribution in [0.2, 0.25) is 5.02 Å². The lowest BCUT2D eigenvalue weighted by Gasteiger charge is -2.16. The quantitative estimate of drug-likeness (QED) is 0.853. The molecule has 0 spiro atoms. The van der Waals surface area contributed by atoms with Gasteiger partial charge < -0.3 is 5.32 Å². The summed E-state index contributed by atoms with van der Waals surface area (Å²) in [7, 11) is 0. The first-order valence-corrected chi connectivity index (χ1v) is 6.58. The highest BCUT2D eigenvalue weighted by molar-refractivity contribution is 6.31. The van der Waals surface area contributed by atoms with E-state index in [-0.39, 0.29) is 6.04 Å². The molecule has 0 bridgehead atoms. The van der Waals surface area contributed by atoms with Crippen molar-refractivity contribution in [3.8, 4) is 0 Å². The Bertz CT molecular complexity index is 522. The van der Waals surface area contributed by atoms with Gasteiger partial charge in [0.05, 0.1) is 0 Å². The topological polar surface area (TPSA) is 12.0 Å². The molecule has 18 heavy (non-hydrogen) atoms. The Kier molecular flexibility index (Phi) is 4.40. The van der Waals surface area contributed by atoms with Gasteiger partial charge in [-0.25, -0.2) is 0 Å². The van der Waals surface area contributed by atoms with Crippen molar-refractivity contribution in [1.82, 2.24) is 5.32 Å². The maximum absolute atomic E-state index is 6.19. The number of rotatable bonds is 4. The molecule has 0 saturated carbocycles. The molecule has 0 heterocycles. The van der Waals surface area contributed by atoms with Crippen LogP contribution in [0.3, 0.4) is 0 Å². The molecule has 0 fully saturated rings. The Morgan fingerprint density at radius 3 is 2.44 bits per heavy atom. The van der Waals surface area contributed by atoms with Crippen LogP contribution in [0.15, 0.2) is 48.5 Å². The molecule has 1 N–H and O–H groups in total. The molecule has 1 nitrogen and oxygen atoms in total. The number of benzene rings is 2. The van der Waals surface area contributed by atoms with Gasteiger partial charge in [0.15, 0.2) is 0 Å². The van der Waals surface area contributed by atoms with E-state index < -0.39 is 0 Å². The van der Waals surface area contributed by atoms with Crippen LogP contribution in [0.5, 0.6) is 0 Å². The van der Waals surface area contributed by atoms with Crippen molar-refractivity contribution < 1.29 is 0 Å². The van der Waals surface area contributed by atoms with Crippen molar-refractivity contribution in [3.05, 3.63) is 70.2 Å². The van der Waals surface area contributed by atoms with Crippen molar-refractivity contribution in [3.63, 3.8) is 0 Å². The molecule has 0 radical (unpaired) electrons. The van der Waals surface area contributed by atoms with Gasteiger partial charge in [0.1, 0.15) is 0 Å². The Labute approximate surface area is 114 Å². The minimum atomic E-state index is 0.248. The summed E-state index contributed by atoms with van der Waals surface area (Å²) in [6, 6.07) is 16.7. The molecule has 0 aliphatic rings. The Morgan fingerprint density at radius 1 is 1.06 bits per heavy atom. The first-order chi connectivity index (χ1) is 8.68. The molecule has 2 heteroatoms. The lowest BCUT2D eigenvalue weighted by molar-refractivity contribution is 0.573. The van der Waals surface area contributed by atoms with Crippen molar-refractivity contribution in [1.29, 1.82) is 0 Å². The van der Waals surface area contributed by atoms with E-state index in [0.717, 1.165) is 17.1 Å². The molecule has 2 aromatic carbocycles. The van der Waals surface area contributed by atoms with Gasteiger partial charge in [-0.2, -0.15) is 0 Å². The van der Waals surface area contributed by atoms with Gasteiger partial charge >= 0.3 is 0 Å². The minimum absolute atomic E-state index is 0.248. The fourth-order valence-electron chi connectivity index (χ4n) is 2.01. The van der Waals surface area contributed by atoms with Gasteiger partial charge in [-0.15, -0.1) is 0 Å². The van der Waals surface area contributed by atoms with Gasteiger partial charge in [-0.05, 0) is 36.6 Å². The lowest BCUT2D eigenvalue weighted by Crippen LogP contribution is -2.18. The van der Waals surface area contributed by atoms with Crippen LogP contribution in [-0.2, 0) is 6.54 Å². The summed E-state index contributed by atoms with van der Waals surface area (Å²) in [4.78, 5) is 0. The number of hydrogen-bond donors (Lipinski definition) is 1. The standard InChI is InChI=1S/C16H18ClN/c1-12-7-3-4-8-14(12)11-18-13(2)15-9-5-6-10-16(15)17/h3-10,13,18H,11H2,1-2H3/t13-/m1/s1. The molecule has 0 saturated heterocycles. The molecule has 94 valence electrons. The maximum atomic E-state index is 6.19. The summed E-state index contributed by atoms with van der Waals surface area (Å²) in [5.41, 5.74) is 3.79. The Hall–Kier alpha value is -1.31. The second-order valence-electron chi connectivity index (χ2n) is 4.55. The van der Waals surface area contributed by atoms with Crippen LogP contribution in [0.25, 0.3) is 0 Å². The highest BCUT2D eigenvalue weighted by atomic mass is 35.5. The number of aryl methyl sites for hydroxylation is 1. The number of nitrogens with one attached hydrogen (secondary N) is 1. The highest BCUT2D eigenvalue weighted by Gasteiger charge is 2.08. The zero-order valence-corrected chi connectivity index (χ0v) is 11.5. The third kappa shape index (κ3) is 3.12. The molecule has 0 aliphatic heterocycles. The van der Waals surface area contributed by atoms with Gasteiger partial charge in [0.2, 0.25) is 0 Å². The molecule has 0 unspecified atom stereocenters. The maximum Gasteiger partial charge on any atom is 0.0453 e. The molecule has 1 atom stereocenters. The van der Waals surface area contributed by atoms with Crippen molar-refractivity contribution >= 4 is 11.6 Å². The average Bonchev–Trinajstić information content (AvgIpc) is 2.38. The predicted molar refractivity (Wildman–Crippen MR) is 77.9 cm³/mol. The smallest absolute Gasteiger partial charge is 0.0453 e. The summed E-state index contributed by atoms with van der Waals surface area (Å²) in [6.45, 7) is 5.13. The van der Waals surface area contributed by atoms with Gasteiger partial charge in [0, 0.05) is 17.6 Å². The van der Waals surface area contributed by atoms with Gasteiger partial charge in [0.25, 0.3) is 0 Å². The summed E-state index contributed by atoms with van der Waals surface area (Å²) >= 11 is 6.19. The Balaban J connectivity index is 2.03. The molecule has 0 aliphatic carbocycles. The minimum Gasteiger partial charge on any atom is -0.306 e. The average molecular weight is 260 g/mol. The molecule has 0 aromatic heterocycles. The summed E-state index contributed by atoms with van der Waals surface area (Å²) in [6.07, 6.45) is 0. The zero-order chi connectivity index (χ0) is 13.0. The third-order valence-electron chi connectivity index (χ3n) is 3.23. The Morgan fingerprint density at radius 2 is 1.72 bits per heavy atom. The van der Waals surface area contributed by atoms with E-state index in [1.165, 1.54) is 11.1 Å². The summed E-state index contributed by atoms with van der Waals surface area (Å²) in [5.74, 6) is 0. The van der Waals surface area contributed by atoms with Gasteiger partial charge in [-0.1, -0.05) is 54.1 Å². The summed E-state index contributed by atoms with van der Waals surface area (Å²) < 4.78 is 0. The largest absolute Gasteiger partial charge is 0.306 e. The lowest BCUT2D eigenvalue weighted by atomic mass is 10.1. The van der Waals surface area contributed by atoms with Crippen LogP contribution in [0, 0.1) is 6.92 Å². The fraction of sp³-hybridized carbons (Fsp3) is 0.250. The monoisotopic (exact) mass is 259 g/mol. The van der Waals surface area contributed by atoms with Crippen LogP contribution >= 0.6 is 11.6 Å². The van der Waals surface area contributed by atoms with Crippen molar-refractivity contribution in [2.24, 2.45) is 0 Å². The fourth-order valence-corrected chi connectivity index (χ4v) is 2.31. The van der Waals surface area contributed by atoms with Crippen LogP contribution in [0.4, 0.5) is 0 Å². The van der Waals surface area contributed by atoms with Crippen LogP contribution < -0.4 is 5.32 Å². The molecule has 2 aromatic rings. The van der Waals surface area contributed by atoms with E-state index in [9.17, 15) is 0 Å². The highest BCUT2D eigenvalue weighted by Crippen LogP contribution is 2.22. The molecule has 0 amide bonds. The summed E-state index contributed by atoms with van der Waals surface area (Å²) in [5, 5.41) is 4.33. The SMILES string of the molecule is Cc1ccccc1CN[C@H](C)c1ccccc1Cl. The van der Waals surface area contributed by atoms with E-state index in [4.69, 9.17) is 11.6 Å². The molecule has 2 rings (SSSR count). The van der Waals surface area contributed by atoms with Crippen LogP contribution in [-0.4, -0.2) is 0 Å². The third-order valence-corrected chi connectivity index (χ3v) is 3.58. The zero-order valence-electron chi connectivity index (χ0n) is 10.8. The van der Waals surface area contributed by atoms with E-state index in [1.807, 2.05) is 18.2 Å². The first-order valence-electron chi connectivity index (χ1n) is 6.21. The van der Waals surface area contributed by atoms with Crippen molar-refractivity contribution in [2.45, 2.75) is 26.4 Å². The van der Waals surface area contributed by atoms with E-state index in [1.54, 1.807) is 0 Å². The molecular weight excluding hydrogens is 242 g/mol. The van der Waals surface area contributed by atoms with E-state index in [0.29, 0.717) is 0 Å². The second kappa shape index (κ2) is 6.03. The van der Waals surface area contributed by atoms with E-state index >= 15 is 0 Å². The normalized spacial score (nSPS) is 12.4. The second-order valence-corrected chi connectivity index (χ2v) is 4.96. The number of halogens is 1. The van der Waals surface area contributed by atoms with Crippen molar-refractivity contribution in [2.75, 3.05) is 0 Å². The number of hydrogen-bond acceptors (Lipinski definition) is 1.